The van der Waals surface area contributed by atoms with Crippen molar-refractivity contribution < 1.29 is 40.2 Å². The summed E-state index contributed by atoms with van der Waals surface area (Å²) in [7, 11) is 0. The van der Waals surface area contributed by atoms with E-state index in [0.717, 1.165) is 0 Å². The van der Waals surface area contributed by atoms with Gasteiger partial charge in [-0.05, 0) is 0 Å². The molecule has 1 heterocycles. The smallest absolute Gasteiger partial charge is 0.322 e. The van der Waals surface area contributed by atoms with Crippen molar-refractivity contribution in [2.45, 2.75) is 36.7 Å². The number of aliphatic carboxylic acids is 1. The minimum atomic E-state index is -1.35. The van der Waals surface area contributed by atoms with E-state index in [1.807, 2.05) is 0 Å². The van der Waals surface area contributed by atoms with Crippen LogP contribution in [0.3, 0.4) is 0 Å². The van der Waals surface area contributed by atoms with Gasteiger partial charge in [0.15, 0.2) is 6.29 Å². The van der Waals surface area contributed by atoms with E-state index >= 15 is 0 Å². The molecule has 1 aliphatic rings. The number of aliphatic hydroxyl groups is 5. The molecule has 1 saturated heterocycles. The zero-order chi connectivity index (χ0) is 15.2. The monoisotopic (exact) mass is 284 g/mol. The van der Waals surface area contributed by atoms with E-state index in [-0.39, 0.29) is 0 Å². The molecule has 0 aromatic heterocycles. The van der Waals surface area contributed by atoms with Crippen LogP contribution in [-0.4, -0.2) is 86.5 Å². The Balaban J connectivity index is 0.000000399. The van der Waals surface area contributed by atoms with E-state index in [2.05, 4.69) is 0 Å². The minimum Gasteiger partial charge on any atom is -0.480 e. The van der Waals surface area contributed by atoms with E-state index in [1.165, 1.54) is 0 Å². The Bertz CT molecular complexity index is 274. The lowest BCUT2D eigenvalue weighted by atomic mass is 9.98. The molecule has 0 amide bonds. The SMILES string of the molecule is N[C@@H](CO)C(=O)O.N[C@@H]1[C@@H](O)[C@@H](O)[C@@H](CO)O[C@@H]1O. The molecule has 10 N–H and O–H groups in total. The summed E-state index contributed by atoms with van der Waals surface area (Å²) < 4.78 is 4.70. The number of hydrogen-bond donors (Lipinski definition) is 8. The maximum Gasteiger partial charge on any atom is 0.322 e. The summed E-state index contributed by atoms with van der Waals surface area (Å²) in [6.07, 6.45) is -4.85. The summed E-state index contributed by atoms with van der Waals surface area (Å²) in [6, 6.07) is -2.16. The van der Waals surface area contributed by atoms with Crippen molar-refractivity contribution in [2.75, 3.05) is 13.2 Å². The molecule has 0 saturated carbocycles. The third-order valence-electron chi connectivity index (χ3n) is 2.46. The van der Waals surface area contributed by atoms with Crippen molar-refractivity contribution in [3.05, 3.63) is 0 Å². The summed E-state index contributed by atoms with van der Waals surface area (Å²) in [5, 5.41) is 52.0. The first kappa shape index (κ1) is 18.1. The number of hydrogen-bond acceptors (Lipinski definition) is 9. The molecule has 19 heavy (non-hydrogen) atoms. The number of carbonyl (C=O) groups is 1. The van der Waals surface area contributed by atoms with Crippen molar-refractivity contribution in [1.29, 1.82) is 0 Å². The Morgan fingerprint density at radius 3 is 2.05 bits per heavy atom. The molecule has 0 unspecified atom stereocenters. The van der Waals surface area contributed by atoms with Crippen LogP contribution >= 0.6 is 0 Å². The van der Waals surface area contributed by atoms with Crippen LogP contribution in [0.1, 0.15) is 0 Å². The van der Waals surface area contributed by atoms with Crippen LogP contribution in [-0.2, 0) is 9.53 Å². The molecular weight excluding hydrogens is 264 g/mol. The molecule has 0 radical (unpaired) electrons. The van der Waals surface area contributed by atoms with Gasteiger partial charge in [0.05, 0.1) is 19.3 Å². The second kappa shape index (κ2) is 8.35. The van der Waals surface area contributed by atoms with Crippen molar-refractivity contribution in [1.82, 2.24) is 0 Å². The fraction of sp³-hybridized carbons (Fsp3) is 0.889. The van der Waals surface area contributed by atoms with Gasteiger partial charge in [0.2, 0.25) is 0 Å². The summed E-state index contributed by atoms with van der Waals surface area (Å²) in [4.78, 5) is 9.65. The summed E-state index contributed by atoms with van der Waals surface area (Å²) in [6.45, 7) is -0.975. The zero-order valence-electron chi connectivity index (χ0n) is 10.0. The molecule has 6 atom stereocenters. The van der Waals surface area contributed by atoms with Crippen LogP contribution in [0.15, 0.2) is 0 Å². The van der Waals surface area contributed by atoms with Gasteiger partial charge < -0.3 is 46.8 Å². The normalized spacial score (nSPS) is 36.1. The van der Waals surface area contributed by atoms with Gasteiger partial charge in [0.1, 0.15) is 24.4 Å². The van der Waals surface area contributed by atoms with Crippen molar-refractivity contribution in [2.24, 2.45) is 11.5 Å². The van der Waals surface area contributed by atoms with Crippen molar-refractivity contribution >= 4 is 5.97 Å². The number of ether oxygens (including phenoxy) is 1. The van der Waals surface area contributed by atoms with Gasteiger partial charge in [-0.15, -0.1) is 0 Å². The second-order valence-corrected chi connectivity index (χ2v) is 3.93. The van der Waals surface area contributed by atoms with Gasteiger partial charge in [-0.25, -0.2) is 0 Å². The average molecular weight is 284 g/mol. The number of carboxylic acids is 1. The lowest BCUT2D eigenvalue weighted by Crippen LogP contribution is -2.61. The van der Waals surface area contributed by atoms with E-state index in [9.17, 15) is 15.0 Å². The van der Waals surface area contributed by atoms with E-state index in [0.29, 0.717) is 0 Å². The number of aliphatic hydroxyl groups excluding tert-OH is 5. The lowest BCUT2D eigenvalue weighted by molar-refractivity contribution is -0.248. The first-order valence-electron chi connectivity index (χ1n) is 5.41. The molecule has 0 aromatic rings. The molecule has 0 spiro atoms. The molecule has 0 aromatic carbocycles. The van der Waals surface area contributed by atoms with Crippen LogP contribution in [0.25, 0.3) is 0 Å². The largest absolute Gasteiger partial charge is 0.480 e. The average Bonchev–Trinajstić information content (AvgIpc) is 2.40. The van der Waals surface area contributed by atoms with Gasteiger partial charge in [-0.2, -0.15) is 0 Å². The minimum absolute atomic E-state index is 0.470. The first-order chi connectivity index (χ1) is 8.76. The van der Waals surface area contributed by atoms with Crippen LogP contribution in [0.2, 0.25) is 0 Å². The third kappa shape index (κ3) is 5.34. The van der Waals surface area contributed by atoms with Crippen LogP contribution in [0.5, 0.6) is 0 Å². The molecule has 1 aliphatic heterocycles. The molecule has 1 fully saturated rings. The van der Waals surface area contributed by atoms with E-state index in [1.54, 1.807) is 0 Å². The van der Waals surface area contributed by atoms with Gasteiger partial charge in [-0.1, -0.05) is 0 Å². The topological polar surface area (TPSA) is 200 Å². The first-order valence-corrected chi connectivity index (χ1v) is 5.41. The van der Waals surface area contributed by atoms with Crippen molar-refractivity contribution in [3.63, 3.8) is 0 Å². The quantitative estimate of drug-likeness (QED) is 0.248. The van der Waals surface area contributed by atoms with Gasteiger partial charge in [0, 0.05) is 0 Å². The predicted octanol–water partition coefficient (Wildman–Crippen LogP) is -4.86. The highest BCUT2D eigenvalue weighted by molar-refractivity contribution is 5.73. The van der Waals surface area contributed by atoms with Crippen molar-refractivity contribution in [3.8, 4) is 0 Å². The van der Waals surface area contributed by atoms with Crippen LogP contribution in [0, 0.1) is 0 Å². The molecule has 0 aliphatic carbocycles. The summed E-state index contributed by atoms with van der Waals surface area (Å²) >= 11 is 0. The standard InChI is InChI=1S/C6H13NO5.C3H7NO3/c7-3-5(10)4(9)2(1-8)12-6(3)11;4-2(1-5)3(6)7/h2-6,8-11H,1,7H2;2,5H,1,4H2,(H,6,7)/t2-,3-,4+,5-,6+;2-/m10/s1. The maximum absolute atomic E-state index is 9.65. The highest BCUT2D eigenvalue weighted by Crippen LogP contribution is 2.17. The third-order valence-corrected chi connectivity index (χ3v) is 2.46. The number of rotatable bonds is 3. The van der Waals surface area contributed by atoms with Gasteiger partial charge >= 0.3 is 5.97 Å². The van der Waals surface area contributed by atoms with Crippen LogP contribution in [0.4, 0.5) is 0 Å². The molecule has 1 rings (SSSR count). The highest BCUT2D eigenvalue weighted by Gasteiger charge is 2.41. The maximum atomic E-state index is 9.65. The Labute approximate surface area is 108 Å². The lowest BCUT2D eigenvalue weighted by Gasteiger charge is -2.38. The van der Waals surface area contributed by atoms with Crippen LogP contribution < -0.4 is 11.5 Å². The molecular formula is C9H20N2O8. The van der Waals surface area contributed by atoms with Gasteiger partial charge in [-0.3, -0.25) is 4.79 Å². The zero-order valence-corrected chi connectivity index (χ0v) is 10.0. The Morgan fingerprint density at radius 2 is 1.74 bits per heavy atom. The van der Waals surface area contributed by atoms with E-state index in [4.69, 9.17) is 36.6 Å². The number of nitrogens with two attached hydrogens (primary N) is 2. The predicted molar refractivity (Wildman–Crippen MR) is 60.7 cm³/mol. The molecule has 114 valence electrons. The summed E-state index contributed by atoms with van der Waals surface area (Å²) in [5.41, 5.74) is 10.0. The fourth-order valence-electron chi connectivity index (χ4n) is 1.20. The second-order valence-electron chi connectivity index (χ2n) is 3.93. The Kier molecular flexibility index (Phi) is 7.97. The molecule has 0 bridgehead atoms. The highest BCUT2D eigenvalue weighted by atomic mass is 16.6. The number of carboxylic acid groups (broad SMARTS) is 1. The van der Waals surface area contributed by atoms with Gasteiger partial charge in [0.25, 0.3) is 0 Å². The Morgan fingerprint density at radius 1 is 1.21 bits per heavy atom. The van der Waals surface area contributed by atoms with E-state index < -0.39 is 55.9 Å². The Hall–Kier alpha value is -0.850. The molecule has 10 nitrogen and oxygen atoms in total. The summed E-state index contributed by atoms with van der Waals surface area (Å²) in [5.74, 6) is -1.18. The fourth-order valence-corrected chi connectivity index (χ4v) is 1.20. The molecule has 10 heteroatoms.